The van der Waals surface area contributed by atoms with E-state index in [2.05, 4.69) is 34.9 Å². The molecule has 0 saturated heterocycles. The fourth-order valence-corrected chi connectivity index (χ4v) is 6.09. The van der Waals surface area contributed by atoms with E-state index in [1.54, 1.807) is 0 Å². The first-order valence-corrected chi connectivity index (χ1v) is 12.5. The SMILES string of the molecule is CC(CCNC(=O)OCC1c2ccccc2-c2ccccc21)C(=O)N[C@@H]1C[C@@H]2CC(C(=O)O)C[C@@H]21. The van der Waals surface area contributed by atoms with Crippen molar-refractivity contribution in [1.29, 1.82) is 0 Å². The van der Waals surface area contributed by atoms with Gasteiger partial charge in [-0.2, -0.15) is 0 Å². The third-order valence-electron chi connectivity index (χ3n) is 8.14. The first-order chi connectivity index (χ1) is 16.9. The molecule has 2 amide bonds. The summed E-state index contributed by atoms with van der Waals surface area (Å²) in [5.41, 5.74) is 4.71. The number of carbonyl (C=O) groups excluding carboxylic acids is 2. The van der Waals surface area contributed by atoms with Crippen molar-refractivity contribution in [2.24, 2.45) is 23.7 Å². The number of hydrogen-bond donors (Lipinski definition) is 3. The minimum absolute atomic E-state index is 0.0143. The smallest absolute Gasteiger partial charge is 0.407 e. The summed E-state index contributed by atoms with van der Waals surface area (Å²) in [4.78, 5) is 36.2. The molecule has 0 spiro atoms. The summed E-state index contributed by atoms with van der Waals surface area (Å²) >= 11 is 0. The lowest BCUT2D eigenvalue weighted by Crippen LogP contribution is -2.51. The van der Waals surface area contributed by atoms with Crippen LogP contribution in [0.3, 0.4) is 0 Å². The third-order valence-corrected chi connectivity index (χ3v) is 8.14. The van der Waals surface area contributed by atoms with Crippen molar-refractivity contribution in [1.82, 2.24) is 10.6 Å². The minimum Gasteiger partial charge on any atom is -0.481 e. The van der Waals surface area contributed by atoms with Crippen LogP contribution in [0.15, 0.2) is 48.5 Å². The van der Waals surface area contributed by atoms with Crippen molar-refractivity contribution in [2.75, 3.05) is 13.2 Å². The van der Waals surface area contributed by atoms with Crippen LogP contribution < -0.4 is 10.6 Å². The zero-order valence-corrected chi connectivity index (χ0v) is 19.9. The number of carbonyl (C=O) groups is 3. The van der Waals surface area contributed by atoms with Crippen LogP contribution in [-0.4, -0.2) is 42.3 Å². The fraction of sp³-hybridized carbons (Fsp3) is 0.464. The summed E-state index contributed by atoms with van der Waals surface area (Å²) in [7, 11) is 0. The first kappa shape index (κ1) is 23.4. The van der Waals surface area contributed by atoms with E-state index in [0.717, 1.165) is 12.8 Å². The average Bonchev–Trinajstić information content (AvgIpc) is 3.36. The molecule has 2 aromatic rings. The van der Waals surface area contributed by atoms with Crippen LogP contribution in [0.4, 0.5) is 4.79 Å². The Kier molecular flexibility index (Phi) is 6.50. The quantitative estimate of drug-likeness (QED) is 0.531. The number of carboxylic acids is 1. The second kappa shape index (κ2) is 9.72. The number of carboxylic acid groups (broad SMARTS) is 1. The van der Waals surface area contributed by atoms with Gasteiger partial charge in [0, 0.05) is 24.4 Å². The highest BCUT2D eigenvalue weighted by Gasteiger charge is 2.50. The summed E-state index contributed by atoms with van der Waals surface area (Å²) in [6.45, 7) is 2.46. The average molecular weight is 477 g/mol. The molecule has 3 aliphatic carbocycles. The molecule has 3 aliphatic rings. The topological polar surface area (TPSA) is 105 Å². The van der Waals surface area contributed by atoms with Gasteiger partial charge >= 0.3 is 12.1 Å². The Morgan fingerprint density at radius 1 is 1.00 bits per heavy atom. The van der Waals surface area contributed by atoms with Gasteiger partial charge in [-0.15, -0.1) is 0 Å². The maximum Gasteiger partial charge on any atom is 0.407 e. The fourth-order valence-electron chi connectivity index (χ4n) is 6.09. The minimum atomic E-state index is -0.725. The van der Waals surface area contributed by atoms with E-state index in [-0.39, 0.29) is 42.2 Å². The number of rotatable bonds is 8. The Balaban J connectivity index is 1.04. The molecule has 0 radical (unpaired) electrons. The molecule has 2 aromatic carbocycles. The Hall–Kier alpha value is -3.35. The molecule has 7 nitrogen and oxygen atoms in total. The molecule has 2 unspecified atom stereocenters. The van der Waals surface area contributed by atoms with Crippen LogP contribution in [-0.2, 0) is 14.3 Å². The summed E-state index contributed by atoms with van der Waals surface area (Å²) in [5.74, 6) is -0.567. The molecule has 5 rings (SSSR count). The zero-order valence-electron chi connectivity index (χ0n) is 19.9. The molecule has 2 fully saturated rings. The van der Waals surface area contributed by atoms with E-state index >= 15 is 0 Å². The molecule has 0 aromatic heterocycles. The maximum absolute atomic E-state index is 12.6. The Morgan fingerprint density at radius 2 is 1.66 bits per heavy atom. The molecular formula is C28H32N2O5. The van der Waals surface area contributed by atoms with Crippen LogP contribution in [0, 0.1) is 23.7 Å². The Morgan fingerprint density at radius 3 is 2.31 bits per heavy atom. The second-order valence-corrected chi connectivity index (χ2v) is 10.2. The van der Waals surface area contributed by atoms with Gasteiger partial charge in [0.1, 0.15) is 6.61 Å². The predicted molar refractivity (Wildman–Crippen MR) is 131 cm³/mol. The molecule has 5 atom stereocenters. The Labute approximate surface area is 205 Å². The van der Waals surface area contributed by atoms with Gasteiger partial charge in [-0.25, -0.2) is 4.79 Å². The van der Waals surface area contributed by atoms with Crippen molar-refractivity contribution in [3.63, 3.8) is 0 Å². The molecule has 0 bridgehead atoms. The standard InChI is InChI=1S/C28H32N2O5/c1-16(26(31)30-25-14-17-12-18(27(32)33)13-23(17)25)10-11-29-28(34)35-15-24-21-8-4-2-6-19(21)20-7-3-5-9-22(20)24/h2-9,16-18,23-25H,10-15H2,1H3,(H,29,34)(H,30,31)(H,32,33)/t16?,17-,18?,23-,25+/m0/s1. The second-order valence-electron chi connectivity index (χ2n) is 10.2. The maximum atomic E-state index is 12.6. The number of hydrogen-bond acceptors (Lipinski definition) is 4. The lowest BCUT2D eigenvalue weighted by molar-refractivity contribution is -0.141. The highest BCUT2D eigenvalue weighted by Crippen LogP contribution is 2.50. The number of nitrogens with one attached hydrogen (secondary N) is 2. The zero-order chi connectivity index (χ0) is 24.5. The van der Waals surface area contributed by atoms with Crippen molar-refractivity contribution < 1.29 is 24.2 Å². The summed E-state index contributed by atoms with van der Waals surface area (Å²) < 4.78 is 5.55. The monoisotopic (exact) mass is 476 g/mol. The number of amides is 2. The molecule has 3 N–H and O–H groups in total. The van der Waals surface area contributed by atoms with E-state index in [0.29, 0.717) is 25.3 Å². The van der Waals surface area contributed by atoms with Crippen molar-refractivity contribution >= 4 is 18.0 Å². The van der Waals surface area contributed by atoms with Gasteiger partial charge in [-0.05, 0) is 59.8 Å². The molecule has 0 heterocycles. The largest absolute Gasteiger partial charge is 0.481 e. The molecular weight excluding hydrogens is 444 g/mol. The molecule has 2 saturated carbocycles. The highest BCUT2D eigenvalue weighted by molar-refractivity contribution is 5.80. The highest BCUT2D eigenvalue weighted by atomic mass is 16.5. The van der Waals surface area contributed by atoms with E-state index in [4.69, 9.17) is 4.74 Å². The number of benzene rings is 2. The number of aliphatic carboxylic acids is 1. The van der Waals surface area contributed by atoms with Crippen LogP contribution in [0.2, 0.25) is 0 Å². The number of alkyl carbamates (subject to hydrolysis) is 1. The van der Waals surface area contributed by atoms with E-state index in [1.807, 2.05) is 31.2 Å². The molecule has 7 heteroatoms. The van der Waals surface area contributed by atoms with Crippen LogP contribution in [0.5, 0.6) is 0 Å². The van der Waals surface area contributed by atoms with Crippen molar-refractivity contribution in [3.8, 4) is 11.1 Å². The van der Waals surface area contributed by atoms with E-state index < -0.39 is 12.1 Å². The normalized spacial score (nSPS) is 24.9. The van der Waals surface area contributed by atoms with E-state index in [9.17, 15) is 19.5 Å². The predicted octanol–water partition coefficient (Wildman–Crippen LogP) is 4.17. The number of fused-ring (bicyclic) bond motifs is 4. The van der Waals surface area contributed by atoms with Gasteiger partial charge in [-0.1, -0.05) is 55.5 Å². The third kappa shape index (κ3) is 4.64. The van der Waals surface area contributed by atoms with Crippen LogP contribution >= 0.6 is 0 Å². The summed E-state index contributed by atoms with van der Waals surface area (Å²) in [6.07, 6.45) is 2.28. The lowest BCUT2D eigenvalue weighted by Gasteiger charge is -2.41. The number of ether oxygens (including phenoxy) is 1. The van der Waals surface area contributed by atoms with Gasteiger partial charge in [0.05, 0.1) is 5.92 Å². The molecule has 184 valence electrons. The summed E-state index contributed by atoms with van der Waals surface area (Å²) in [6, 6.07) is 16.5. The molecule has 35 heavy (non-hydrogen) atoms. The Bertz CT molecular complexity index is 1090. The summed E-state index contributed by atoms with van der Waals surface area (Å²) in [5, 5.41) is 15.1. The lowest BCUT2D eigenvalue weighted by atomic mass is 9.71. The molecule has 0 aliphatic heterocycles. The first-order valence-electron chi connectivity index (χ1n) is 12.5. The van der Waals surface area contributed by atoms with E-state index in [1.165, 1.54) is 22.3 Å². The van der Waals surface area contributed by atoms with Gasteiger partial charge in [0.15, 0.2) is 0 Å². The van der Waals surface area contributed by atoms with Crippen molar-refractivity contribution in [3.05, 3.63) is 59.7 Å². The van der Waals surface area contributed by atoms with Gasteiger partial charge in [0.2, 0.25) is 5.91 Å². The van der Waals surface area contributed by atoms with Gasteiger partial charge < -0.3 is 20.5 Å². The van der Waals surface area contributed by atoms with Gasteiger partial charge in [0.25, 0.3) is 0 Å². The van der Waals surface area contributed by atoms with Crippen molar-refractivity contribution in [2.45, 2.75) is 44.6 Å². The van der Waals surface area contributed by atoms with Crippen LogP contribution in [0.25, 0.3) is 11.1 Å². The van der Waals surface area contributed by atoms with Crippen LogP contribution in [0.1, 0.15) is 49.7 Å². The van der Waals surface area contributed by atoms with Gasteiger partial charge in [-0.3, -0.25) is 9.59 Å².